The Morgan fingerprint density at radius 1 is 1.64 bits per heavy atom. The standard InChI is InChI=1S/C3H4ClN3O4/c4-1(7(10)11)2(8)6-3(5)9/h1H,(H3,5,6,8,9)/t1-/m1/s1. The van der Waals surface area contributed by atoms with Crippen molar-refractivity contribution in [3.8, 4) is 0 Å². The molecule has 0 aromatic heterocycles. The van der Waals surface area contributed by atoms with Gasteiger partial charge >= 0.3 is 17.4 Å². The van der Waals surface area contributed by atoms with Crippen molar-refractivity contribution >= 4 is 23.5 Å². The molecule has 0 aliphatic carbocycles. The molecule has 0 aromatic rings. The van der Waals surface area contributed by atoms with E-state index in [4.69, 9.17) is 11.6 Å². The van der Waals surface area contributed by atoms with Crippen LogP contribution >= 0.6 is 11.6 Å². The van der Waals surface area contributed by atoms with E-state index in [-0.39, 0.29) is 0 Å². The molecular weight excluding hydrogens is 178 g/mol. The SMILES string of the molecule is NC(=O)NC(=O)[C@H](Cl)[N+](=O)[O-]. The van der Waals surface area contributed by atoms with Crippen molar-refractivity contribution in [1.29, 1.82) is 0 Å². The monoisotopic (exact) mass is 181 g/mol. The summed E-state index contributed by atoms with van der Waals surface area (Å²) in [7, 11) is 0. The first kappa shape index (κ1) is 9.63. The maximum atomic E-state index is 10.4. The third kappa shape index (κ3) is 3.36. The molecule has 7 nitrogen and oxygen atoms in total. The average molecular weight is 182 g/mol. The minimum atomic E-state index is -1.98. The predicted octanol–water partition coefficient (Wildman–Crippen LogP) is -0.977. The second-order valence-electron chi connectivity index (χ2n) is 1.47. The highest BCUT2D eigenvalue weighted by molar-refractivity contribution is 6.30. The number of nitrogens with two attached hydrogens (primary N) is 1. The highest BCUT2D eigenvalue weighted by Crippen LogP contribution is 1.94. The lowest BCUT2D eigenvalue weighted by atomic mass is 10.6. The highest BCUT2D eigenvalue weighted by atomic mass is 35.5. The van der Waals surface area contributed by atoms with E-state index in [1.54, 1.807) is 0 Å². The van der Waals surface area contributed by atoms with Gasteiger partial charge in [0, 0.05) is 4.92 Å². The summed E-state index contributed by atoms with van der Waals surface area (Å²) in [6, 6.07) is -1.18. The van der Waals surface area contributed by atoms with E-state index in [1.165, 1.54) is 5.32 Å². The maximum absolute atomic E-state index is 10.4. The van der Waals surface area contributed by atoms with Gasteiger partial charge in [-0.25, -0.2) is 4.79 Å². The molecule has 0 saturated heterocycles. The number of halogens is 1. The first-order valence-electron chi connectivity index (χ1n) is 2.33. The number of hydrogen-bond donors (Lipinski definition) is 2. The molecule has 3 amide bonds. The number of amides is 3. The number of nitrogens with zero attached hydrogens (tertiary/aromatic N) is 1. The van der Waals surface area contributed by atoms with E-state index in [1.807, 2.05) is 0 Å². The van der Waals surface area contributed by atoms with Gasteiger partial charge < -0.3 is 5.73 Å². The minimum Gasteiger partial charge on any atom is -0.351 e. The van der Waals surface area contributed by atoms with Crippen LogP contribution in [0, 0.1) is 10.1 Å². The minimum absolute atomic E-state index is 1.06. The van der Waals surface area contributed by atoms with Crippen LogP contribution < -0.4 is 11.1 Å². The molecule has 11 heavy (non-hydrogen) atoms. The van der Waals surface area contributed by atoms with Gasteiger partial charge in [0.05, 0.1) is 0 Å². The fraction of sp³-hybridized carbons (Fsp3) is 0.333. The van der Waals surface area contributed by atoms with Crippen LogP contribution in [0.3, 0.4) is 0 Å². The van der Waals surface area contributed by atoms with Gasteiger partial charge in [-0.3, -0.25) is 20.2 Å². The van der Waals surface area contributed by atoms with Crippen molar-refractivity contribution in [2.45, 2.75) is 5.50 Å². The van der Waals surface area contributed by atoms with E-state index >= 15 is 0 Å². The number of carbonyl (C=O) groups excluding carboxylic acids is 2. The zero-order chi connectivity index (χ0) is 9.02. The molecule has 0 aliphatic heterocycles. The summed E-state index contributed by atoms with van der Waals surface area (Å²) < 4.78 is 0. The molecule has 0 heterocycles. The summed E-state index contributed by atoms with van der Waals surface area (Å²) >= 11 is 4.89. The lowest BCUT2D eigenvalue weighted by molar-refractivity contribution is -0.484. The number of nitrogens with one attached hydrogen (secondary N) is 1. The Morgan fingerprint density at radius 2 is 2.09 bits per heavy atom. The number of carbonyl (C=O) groups is 2. The second-order valence-corrected chi connectivity index (χ2v) is 1.89. The number of urea groups is 1. The predicted molar refractivity (Wildman–Crippen MR) is 34.4 cm³/mol. The quantitative estimate of drug-likeness (QED) is 0.247. The molecule has 0 spiro atoms. The Morgan fingerprint density at radius 3 is 2.36 bits per heavy atom. The van der Waals surface area contributed by atoms with E-state index < -0.39 is 22.4 Å². The molecule has 0 radical (unpaired) electrons. The summed E-state index contributed by atoms with van der Waals surface area (Å²) in [6.45, 7) is 0. The van der Waals surface area contributed by atoms with Gasteiger partial charge in [-0.1, -0.05) is 0 Å². The third-order valence-electron chi connectivity index (χ3n) is 0.648. The Hall–Kier alpha value is -1.37. The highest BCUT2D eigenvalue weighted by Gasteiger charge is 2.27. The van der Waals surface area contributed by atoms with Gasteiger partial charge in [-0.05, 0) is 11.6 Å². The molecule has 0 aliphatic rings. The zero-order valence-electron chi connectivity index (χ0n) is 5.11. The lowest BCUT2D eigenvalue weighted by Gasteiger charge is -1.99. The van der Waals surface area contributed by atoms with Crippen molar-refractivity contribution in [2.75, 3.05) is 0 Å². The zero-order valence-corrected chi connectivity index (χ0v) is 5.87. The van der Waals surface area contributed by atoms with E-state index in [0.717, 1.165) is 0 Å². The number of imide groups is 1. The molecular formula is C3H4ClN3O4. The molecule has 62 valence electrons. The van der Waals surface area contributed by atoms with Crippen LogP contribution in [-0.2, 0) is 4.79 Å². The summed E-state index contributed by atoms with van der Waals surface area (Å²) in [5.41, 5.74) is 2.50. The molecule has 0 rings (SSSR count). The van der Waals surface area contributed by atoms with Crippen LogP contribution in [0.25, 0.3) is 0 Å². The first-order valence-corrected chi connectivity index (χ1v) is 2.76. The Kier molecular flexibility index (Phi) is 3.25. The lowest BCUT2D eigenvalue weighted by Crippen LogP contribution is -2.42. The summed E-state index contributed by atoms with van der Waals surface area (Å²) in [6.07, 6.45) is 0. The normalized spacial score (nSPS) is 11.7. The van der Waals surface area contributed by atoms with E-state index in [9.17, 15) is 19.7 Å². The van der Waals surface area contributed by atoms with Gasteiger partial charge in [0.25, 0.3) is 0 Å². The molecule has 0 unspecified atom stereocenters. The van der Waals surface area contributed by atoms with Crippen LogP contribution in [0.15, 0.2) is 0 Å². The van der Waals surface area contributed by atoms with Crippen molar-refractivity contribution in [3.05, 3.63) is 10.1 Å². The van der Waals surface area contributed by atoms with E-state index in [2.05, 4.69) is 5.73 Å². The second kappa shape index (κ2) is 3.71. The topological polar surface area (TPSA) is 115 Å². The van der Waals surface area contributed by atoms with Crippen LogP contribution in [0.2, 0.25) is 0 Å². The third-order valence-corrected chi connectivity index (χ3v) is 1.01. The average Bonchev–Trinajstić information content (AvgIpc) is 1.84. The molecule has 3 N–H and O–H groups in total. The molecule has 0 bridgehead atoms. The number of primary amides is 1. The summed E-state index contributed by atoms with van der Waals surface area (Å²) in [5.74, 6) is -1.25. The Bertz CT molecular complexity index is 205. The molecule has 0 aromatic carbocycles. The number of alkyl halides is 1. The van der Waals surface area contributed by atoms with Crippen molar-refractivity contribution < 1.29 is 14.5 Å². The number of nitro groups is 1. The van der Waals surface area contributed by atoms with Gasteiger partial charge in [0.2, 0.25) is 0 Å². The Balaban J connectivity index is 4.04. The molecule has 0 fully saturated rings. The van der Waals surface area contributed by atoms with Gasteiger partial charge in [0.15, 0.2) is 0 Å². The summed E-state index contributed by atoms with van der Waals surface area (Å²) in [4.78, 5) is 29.1. The Labute approximate surface area is 65.6 Å². The smallest absolute Gasteiger partial charge is 0.351 e. The van der Waals surface area contributed by atoms with Crippen LogP contribution in [-0.4, -0.2) is 22.4 Å². The molecule has 8 heteroatoms. The number of hydrogen-bond acceptors (Lipinski definition) is 4. The van der Waals surface area contributed by atoms with Crippen LogP contribution in [0.5, 0.6) is 0 Å². The largest absolute Gasteiger partial charge is 0.363 e. The molecule has 0 saturated carbocycles. The first-order chi connectivity index (χ1) is 4.95. The van der Waals surface area contributed by atoms with Crippen molar-refractivity contribution in [2.24, 2.45) is 5.73 Å². The fourth-order valence-corrected chi connectivity index (χ4v) is 0.331. The van der Waals surface area contributed by atoms with Gasteiger partial charge in [-0.2, -0.15) is 0 Å². The van der Waals surface area contributed by atoms with Crippen molar-refractivity contribution in [1.82, 2.24) is 5.32 Å². The fourth-order valence-electron chi connectivity index (χ4n) is 0.277. The van der Waals surface area contributed by atoms with E-state index in [0.29, 0.717) is 0 Å². The van der Waals surface area contributed by atoms with Crippen molar-refractivity contribution in [3.63, 3.8) is 0 Å². The number of rotatable bonds is 2. The van der Waals surface area contributed by atoms with Gasteiger partial charge in [0.1, 0.15) is 0 Å². The maximum Gasteiger partial charge on any atom is 0.363 e. The molecule has 1 atom stereocenters. The van der Waals surface area contributed by atoms with Crippen LogP contribution in [0.4, 0.5) is 4.79 Å². The van der Waals surface area contributed by atoms with Gasteiger partial charge in [-0.15, -0.1) is 0 Å². The summed E-state index contributed by atoms with van der Waals surface area (Å²) in [5, 5.41) is 11.2. The van der Waals surface area contributed by atoms with Crippen LogP contribution in [0.1, 0.15) is 0 Å².